The SMILES string of the molecule is C[C@@]1(CO)Cc2cc(NC(=O)c3cnn4cccnc34)c(N3CCC(F)(F)C3)cc2O1. The number of carbonyl (C=O) groups excluding carboxylic acids is 1. The Balaban J connectivity index is 1.52. The molecule has 1 aromatic carbocycles. The summed E-state index contributed by atoms with van der Waals surface area (Å²) in [6.45, 7) is 1.31. The Morgan fingerprint density at radius 1 is 1.39 bits per heavy atom. The summed E-state index contributed by atoms with van der Waals surface area (Å²) in [5.74, 6) is -2.71. The fourth-order valence-electron chi connectivity index (χ4n) is 4.12. The second-order valence-corrected chi connectivity index (χ2v) is 8.29. The van der Waals surface area contributed by atoms with Gasteiger partial charge in [-0.05, 0) is 19.1 Å². The Morgan fingerprint density at radius 3 is 2.97 bits per heavy atom. The molecule has 1 saturated heterocycles. The molecule has 1 amide bonds. The van der Waals surface area contributed by atoms with Gasteiger partial charge in [-0.15, -0.1) is 0 Å². The maximum absolute atomic E-state index is 13.9. The van der Waals surface area contributed by atoms with E-state index in [9.17, 15) is 18.7 Å². The molecule has 0 unspecified atom stereocenters. The first-order valence-electron chi connectivity index (χ1n) is 9.96. The van der Waals surface area contributed by atoms with E-state index in [0.717, 1.165) is 5.56 Å². The Kier molecular flexibility index (Phi) is 4.37. The summed E-state index contributed by atoms with van der Waals surface area (Å²) in [6, 6.07) is 5.10. The van der Waals surface area contributed by atoms with Gasteiger partial charge in [-0.1, -0.05) is 0 Å². The van der Waals surface area contributed by atoms with E-state index >= 15 is 0 Å². The smallest absolute Gasteiger partial charge is 0.266 e. The van der Waals surface area contributed by atoms with Crippen molar-refractivity contribution in [3.63, 3.8) is 0 Å². The minimum absolute atomic E-state index is 0.157. The van der Waals surface area contributed by atoms with Crippen molar-refractivity contribution in [1.82, 2.24) is 14.6 Å². The van der Waals surface area contributed by atoms with E-state index < -0.39 is 24.0 Å². The average Bonchev–Trinajstić information content (AvgIpc) is 3.41. The van der Waals surface area contributed by atoms with Crippen molar-refractivity contribution >= 4 is 22.9 Å². The van der Waals surface area contributed by atoms with E-state index in [-0.39, 0.29) is 25.1 Å². The van der Waals surface area contributed by atoms with Crippen LogP contribution in [0.1, 0.15) is 29.3 Å². The number of aliphatic hydroxyl groups excluding tert-OH is 1. The predicted octanol–water partition coefficient (Wildman–Crippen LogP) is 2.51. The number of fused-ring (bicyclic) bond motifs is 2. The number of hydrogen-bond donors (Lipinski definition) is 2. The summed E-state index contributed by atoms with van der Waals surface area (Å²) in [5.41, 5.74) is 1.53. The van der Waals surface area contributed by atoms with Crippen molar-refractivity contribution in [2.24, 2.45) is 0 Å². The van der Waals surface area contributed by atoms with E-state index in [0.29, 0.717) is 29.2 Å². The van der Waals surface area contributed by atoms with Crippen LogP contribution in [0.25, 0.3) is 5.65 Å². The lowest BCUT2D eigenvalue weighted by atomic mass is 9.99. The number of rotatable bonds is 4. The van der Waals surface area contributed by atoms with Crippen LogP contribution in [0.5, 0.6) is 5.75 Å². The topological polar surface area (TPSA) is 92.0 Å². The third-order valence-corrected chi connectivity index (χ3v) is 5.72. The maximum atomic E-state index is 13.9. The number of aromatic nitrogens is 3. The molecular formula is C21H21F2N5O3. The number of aliphatic hydroxyl groups is 1. The summed E-state index contributed by atoms with van der Waals surface area (Å²) >= 11 is 0. The van der Waals surface area contributed by atoms with Crippen LogP contribution in [0.2, 0.25) is 0 Å². The van der Waals surface area contributed by atoms with Gasteiger partial charge in [0, 0.05) is 43.4 Å². The van der Waals surface area contributed by atoms with Gasteiger partial charge in [0.2, 0.25) is 0 Å². The summed E-state index contributed by atoms with van der Waals surface area (Å²) in [7, 11) is 0. The molecule has 10 heteroatoms. The second kappa shape index (κ2) is 6.88. The molecule has 2 N–H and O–H groups in total. The van der Waals surface area contributed by atoms with Crippen molar-refractivity contribution < 1.29 is 23.4 Å². The molecule has 0 spiro atoms. The number of ether oxygens (including phenoxy) is 1. The number of hydrogen-bond acceptors (Lipinski definition) is 6. The number of amides is 1. The zero-order valence-electron chi connectivity index (χ0n) is 16.8. The Hall–Kier alpha value is -3.27. The van der Waals surface area contributed by atoms with E-state index in [4.69, 9.17) is 4.74 Å². The standard InChI is InChI=1S/C21H21F2N5O3/c1-20(12-29)9-13-7-15(16(8-17(13)31-20)27-6-3-21(22,23)11-27)26-19(30)14-10-25-28-5-2-4-24-18(14)28/h2,4-5,7-8,10,29H,3,6,9,11-12H2,1H3,(H,26,30)/t20-/m0/s1. The lowest BCUT2D eigenvalue weighted by Crippen LogP contribution is -2.34. The highest BCUT2D eigenvalue weighted by Crippen LogP contribution is 2.43. The van der Waals surface area contributed by atoms with Crippen molar-refractivity contribution in [2.75, 3.05) is 29.9 Å². The highest BCUT2D eigenvalue weighted by atomic mass is 19.3. The zero-order chi connectivity index (χ0) is 21.8. The first kappa shape index (κ1) is 19.7. The molecule has 0 radical (unpaired) electrons. The van der Waals surface area contributed by atoms with E-state index in [1.54, 1.807) is 42.4 Å². The zero-order valence-corrected chi connectivity index (χ0v) is 16.8. The number of anilines is 2. The monoisotopic (exact) mass is 429 g/mol. The molecule has 0 aliphatic carbocycles. The van der Waals surface area contributed by atoms with Crippen LogP contribution in [0, 0.1) is 0 Å². The minimum Gasteiger partial charge on any atom is -0.484 e. The summed E-state index contributed by atoms with van der Waals surface area (Å²) in [4.78, 5) is 18.8. The van der Waals surface area contributed by atoms with Crippen molar-refractivity contribution in [2.45, 2.75) is 31.3 Å². The molecule has 8 nitrogen and oxygen atoms in total. The van der Waals surface area contributed by atoms with Crippen LogP contribution in [-0.4, -0.2) is 56.8 Å². The first-order chi connectivity index (χ1) is 14.8. The maximum Gasteiger partial charge on any atom is 0.266 e. The molecular weight excluding hydrogens is 408 g/mol. The molecule has 3 aromatic rings. The molecule has 2 aromatic heterocycles. The van der Waals surface area contributed by atoms with Crippen molar-refractivity contribution in [3.05, 3.63) is 47.9 Å². The molecule has 2 aliphatic rings. The van der Waals surface area contributed by atoms with Crippen LogP contribution < -0.4 is 15.0 Å². The number of alkyl halides is 2. The molecule has 2 aliphatic heterocycles. The second-order valence-electron chi connectivity index (χ2n) is 8.29. The normalized spacial score (nSPS) is 21.9. The highest BCUT2D eigenvalue weighted by molar-refractivity contribution is 6.09. The van der Waals surface area contributed by atoms with Gasteiger partial charge in [-0.2, -0.15) is 5.10 Å². The van der Waals surface area contributed by atoms with Crippen LogP contribution in [0.4, 0.5) is 20.2 Å². The van der Waals surface area contributed by atoms with Gasteiger partial charge >= 0.3 is 0 Å². The van der Waals surface area contributed by atoms with Gasteiger partial charge in [0.25, 0.3) is 11.8 Å². The predicted molar refractivity (Wildman–Crippen MR) is 109 cm³/mol. The van der Waals surface area contributed by atoms with Gasteiger partial charge in [0.1, 0.15) is 16.9 Å². The van der Waals surface area contributed by atoms with Gasteiger partial charge in [0.05, 0.1) is 30.7 Å². The van der Waals surface area contributed by atoms with Crippen LogP contribution >= 0.6 is 0 Å². The molecule has 4 heterocycles. The number of benzene rings is 1. The Labute approximate surface area is 176 Å². The minimum atomic E-state index is -2.80. The summed E-state index contributed by atoms with van der Waals surface area (Å²) in [6.07, 6.45) is 4.84. The number of carbonyl (C=O) groups is 1. The quantitative estimate of drug-likeness (QED) is 0.662. The molecule has 1 atom stereocenters. The fourth-order valence-corrected chi connectivity index (χ4v) is 4.12. The number of nitrogens with zero attached hydrogens (tertiary/aromatic N) is 4. The third-order valence-electron chi connectivity index (χ3n) is 5.72. The van der Waals surface area contributed by atoms with Crippen LogP contribution in [0.3, 0.4) is 0 Å². The number of halogens is 2. The lowest BCUT2D eigenvalue weighted by molar-refractivity contribution is 0.0257. The number of nitrogens with one attached hydrogen (secondary N) is 1. The molecule has 5 rings (SSSR count). The molecule has 0 saturated carbocycles. The van der Waals surface area contributed by atoms with Crippen molar-refractivity contribution in [3.8, 4) is 5.75 Å². The van der Waals surface area contributed by atoms with E-state index in [1.807, 2.05) is 0 Å². The van der Waals surface area contributed by atoms with Gasteiger partial charge < -0.3 is 20.1 Å². The highest BCUT2D eigenvalue weighted by Gasteiger charge is 2.41. The molecule has 162 valence electrons. The Bertz CT molecular complexity index is 1180. The summed E-state index contributed by atoms with van der Waals surface area (Å²) < 4.78 is 35.2. The van der Waals surface area contributed by atoms with Crippen molar-refractivity contribution in [1.29, 1.82) is 0 Å². The van der Waals surface area contributed by atoms with Gasteiger partial charge in [-0.3, -0.25) is 4.79 Å². The average molecular weight is 429 g/mol. The largest absolute Gasteiger partial charge is 0.484 e. The lowest BCUT2D eigenvalue weighted by Gasteiger charge is -2.23. The van der Waals surface area contributed by atoms with E-state index in [2.05, 4.69) is 15.4 Å². The molecule has 31 heavy (non-hydrogen) atoms. The van der Waals surface area contributed by atoms with Gasteiger partial charge in [-0.25, -0.2) is 18.3 Å². The third kappa shape index (κ3) is 3.46. The first-order valence-corrected chi connectivity index (χ1v) is 9.96. The molecule has 0 bridgehead atoms. The van der Waals surface area contributed by atoms with Gasteiger partial charge in [0.15, 0.2) is 5.65 Å². The summed E-state index contributed by atoms with van der Waals surface area (Å²) in [5, 5.41) is 16.6. The van der Waals surface area contributed by atoms with Crippen LogP contribution in [0.15, 0.2) is 36.8 Å². The Morgan fingerprint density at radius 2 is 2.23 bits per heavy atom. The van der Waals surface area contributed by atoms with E-state index in [1.165, 1.54) is 10.7 Å². The van der Waals surface area contributed by atoms with Crippen LogP contribution in [-0.2, 0) is 6.42 Å². The fraction of sp³-hybridized carbons (Fsp3) is 0.381. The molecule has 1 fully saturated rings.